The fourth-order valence-electron chi connectivity index (χ4n) is 1.90. The molecule has 3 heteroatoms. The van der Waals surface area contributed by atoms with Crippen molar-refractivity contribution in [2.75, 3.05) is 26.8 Å². The fourth-order valence-corrected chi connectivity index (χ4v) is 1.90. The van der Waals surface area contributed by atoms with Gasteiger partial charge in [-0.2, -0.15) is 0 Å². The molecule has 0 saturated heterocycles. The van der Waals surface area contributed by atoms with Crippen molar-refractivity contribution in [1.29, 1.82) is 0 Å². The van der Waals surface area contributed by atoms with Crippen LogP contribution in [0.4, 0.5) is 0 Å². The van der Waals surface area contributed by atoms with Gasteiger partial charge in [0.2, 0.25) is 0 Å². The average Bonchev–Trinajstić information content (AvgIpc) is 2.38. The van der Waals surface area contributed by atoms with Crippen molar-refractivity contribution in [1.82, 2.24) is 4.90 Å². The molecule has 0 aliphatic carbocycles. The van der Waals surface area contributed by atoms with Crippen LogP contribution in [0.1, 0.15) is 31.0 Å². The van der Waals surface area contributed by atoms with E-state index in [0.29, 0.717) is 6.04 Å². The van der Waals surface area contributed by atoms with Crippen LogP contribution in [0, 0.1) is 6.92 Å². The molecule has 2 atom stereocenters. The Morgan fingerprint density at radius 1 is 1.28 bits per heavy atom. The van der Waals surface area contributed by atoms with Gasteiger partial charge in [0.25, 0.3) is 0 Å². The van der Waals surface area contributed by atoms with E-state index in [1.165, 1.54) is 11.1 Å². The molecular formula is C15H26N2O. The quantitative estimate of drug-likeness (QED) is 0.755. The molecule has 18 heavy (non-hydrogen) atoms. The predicted molar refractivity (Wildman–Crippen MR) is 76.7 cm³/mol. The summed E-state index contributed by atoms with van der Waals surface area (Å²) in [5.41, 5.74) is 8.77. The summed E-state index contributed by atoms with van der Waals surface area (Å²) in [5.74, 6) is 0. The van der Waals surface area contributed by atoms with Crippen molar-refractivity contribution in [3.63, 3.8) is 0 Å². The largest absolute Gasteiger partial charge is 0.380 e. The molecule has 0 amide bonds. The Labute approximate surface area is 111 Å². The summed E-state index contributed by atoms with van der Waals surface area (Å²) >= 11 is 0. The molecule has 0 radical (unpaired) electrons. The SMILES string of the molecule is CCOCCN(C)C(C)C(N)c1ccc(C)cc1. The van der Waals surface area contributed by atoms with Crippen LogP contribution in [0.3, 0.4) is 0 Å². The molecule has 0 aliphatic heterocycles. The van der Waals surface area contributed by atoms with Gasteiger partial charge < -0.3 is 10.5 Å². The first-order valence-electron chi connectivity index (χ1n) is 6.66. The van der Waals surface area contributed by atoms with E-state index < -0.39 is 0 Å². The van der Waals surface area contributed by atoms with Crippen LogP contribution < -0.4 is 5.73 Å². The molecule has 0 bridgehead atoms. The first-order chi connectivity index (χ1) is 8.56. The molecule has 102 valence electrons. The number of hydrogen-bond donors (Lipinski definition) is 1. The van der Waals surface area contributed by atoms with Crippen LogP contribution >= 0.6 is 0 Å². The van der Waals surface area contributed by atoms with E-state index in [0.717, 1.165) is 19.8 Å². The zero-order valence-electron chi connectivity index (χ0n) is 12.0. The number of hydrogen-bond acceptors (Lipinski definition) is 3. The van der Waals surface area contributed by atoms with Gasteiger partial charge in [-0.3, -0.25) is 4.90 Å². The van der Waals surface area contributed by atoms with Gasteiger partial charge in [-0.05, 0) is 33.4 Å². The number of aryl methyl sites for hydroxylation is 1. The normalized spacial score (nSPS) is 14.8. The van der Waals surface area contributed by atoms with E-state index in [1.54, 1.807) is 0 Å². The lowest BCUT2D eigenvalue weighted by atomic mass is 9.99. The Morgan fingerprint density at radius 2 is 1.89 bits per heavy atom. The second kappa shape index (κ2) is 7.52. The number of nitrogens with zero attached hydrogens (tertiary/aromatic N) is 1. The van der Waals surface area contributed by atoms with Gasteiger partial charge in [0.05, 0.1) is 6.61 Å². The molecule has 2 N–H and O–H groups in total. The smallest absolute Gasteiger partial charge is 0.0593 e. The zero-order chi connectivity index (χ0) is 13.5. The maximum absolute atomic E-state index is 6.31. The minimum absolute atomic E-state index is 0.0391. The van der Waals surface area contributed by atoms with Crippen molar-refractivity contribution in [3.05, 3.63) is 35.4 Å². The molecule has 1 aromatic carbocycles. The molecule has 1 rings (SSSR count). The van der Waals surface area contributed by atoms with E-state index in [2.05, 4.69) is 50.1 Å². The lowest BCUT2D eigenvalue weighted by molar-refractivity contribution is 0.105. The van der Waals surface area contributed by atoms with Gasteiger partial charge >= 0.3 is 0 Å². The third-order valence-corrected chi connectivity index (χ3v) is 3.47. The van der Waals surface area contributed by atoms with E-state index in [4.69, 9.17) is 10.5 Å². The lowest BCUT2D eigenvalue weighted by Crippen LogP contribution is -2.40. The van der Waals surface area contributed by atoms with E-state index >= 15 is 0 Å². The second-order valence-corrected chi connectivity index (χ2v) is 4.85. The van der Waals surface area contributed by atoms with Gasteiger partial charge in [0.15, 0.2) is 0 Å². The Morgan fingerprint density at radius 3 is 2.44 bits per heavy atom. The first-order valence-corrected chi connectivity index (χ1v) is 6.66. The summed E-state index contributed by atoms with van der Waals surface area (Å²) < 4.78 is 5.37. The Hall–Kier alpha value is -0.900. The highest BCUT2D eigenvalue weighted by Crippen LogP contribution is 2.18. The number of rotatable bonds is 7. The molecule has 0 heterocycles. The molecular weight excluding hydrogens is 224 g/mol. The Balaban J connectivity index is 2.54. The van der Waals surface area contributed by atoms with Gasteiger partial charge in [-0.25, -0.2) is 0 Å². The highest BCUT2D eigenvalue weighted by molar-refractivity contribution is 5.24. The van der Waals surface area contributed by atoms with Crippen molar-refractivity contribution >= 4 is 0 Å². The molecule has 0 saturated carbocycles. The van der Waals surface area contributed by atoms with E-state index in [9.17, 15) is 0 Å². The van der Waals surface area contributed by atoms with E-state index in [-0.39, 0.29) is 6.04 Å². The molecule has 2 unspecified atom stereocenters. The van der Waals surface area contributed by atoms with Crippen LogP contribution in [0.25, 0.3) is 0 Å². The summed E-state index contributed by atoms with van der Waals surface area (Å²) in [4.78, 5) is 2.25. The third kappa shape index (κ3) is 4.41. The topological polar surface area (TPSA) is 38.5 Å². The Bertz CT molecular complexity index is 337. The minimum atomic E-state index is 0.0391. The summed E-state index contributed by atoms with van der Waals surface area (Å²) in [5, 5.41) is 0. The van der Waals surface area contributed by atoms with Gasteiger partial charge in [0, 0.05) is 25.2 Å². The van der Waals surface area contributed by atoms with Crippen molar-refractivity contribution in [2.24, 2.45) is 5.73 Å². The number of nitrogens with two attached hydrogens (primary N) is 1. The van der Waals surface area contributed by atoms with Crippen LogP contribution in [-0.2, 0) is 4.74 Å². The van der Waals surface area contributed by atoms with Gasteiger partial charge in [-0.15, -0.1) is 0 Å². The lowest BCUT2D eigenvalue weighted by Gasteiger charge is -2.29. The second-order valence-electron chi connectivity index (χ2n) is 4.85. The van der Waals surface area contributed by atoms with Gasteiger partial charge in [0.1, 0.15) is 0 Å². The summed E-state index contributed by atoms with van der Waals surface area (Å²) in [6.07, 6.45) is 0. The fraction of sp³-hybridized carbons (Fsp3) is 0.600. The standard InChI is InChI=1S/C15H26N2O/c1-5-18-11-10-17(4)13(3)15(16)14-8-6-12(2)7-9-14/h6-9,13,15H,5,10-11,16H2,1-4H3. The molecule has 3 nitrogen and oxygen atoms in total. The van der Waals surface area contributed by atoms with Crippen molar-refractivity contribution in [2.45, 2.75) is 32.9 Å². The zero-order valence-corrected chi connectivity index (χ0v) is 12.0. The maximum Gasteiger partial charge on any atom is 0.0593 e. The molecule has 0 aliphatic rings. The monoisotopic (exact) mass is 250 g/mol. The minimum Gasteiger partial charge on any atom is -0.380 e. The number of benzene rings is 1. The van der Waals surface area contributed by atoms with Crippen molar-refractivity contribution in [3.8, 4) is 0 Å². The third-order valence-electron chi connectivity index (χ3n) is 3.47. The maximum atomic E-state index is 6.31. The van der Waals surface area contributed by atoms with Crippen LogP contribution in [0.2, 0.25) is 0 Å². The van der Waals surface area contributed by atoms with E-state index in [1.807, 2.05) is 6.92 Å². The molecule has 0 aromatic heterocycles. The average molecular weight is 250 g/mol. The van der Waals surface area contributed by atoms with Crippen LogP contribution in [-0.4, -0.2) is 37.7 Å². The first kappa shape index (κ1) is 15.2. The summed E-state index contributed by atoms with van der Waals surface area (Å²) in [7, 11) is 2.09. The number of ether oxygens (including phenoxy) is 1. The summed E-state index contributed by atoms with van der Waals surface area (Å²) in [6.45, 7) is 8.71. The Kier molecular flexibility index (Phi) is 6.33. The highest BCUT2D eigenvalue weighted by Gasteiger charge is 2.18. The van der Waals surface area contributed by atoms with Crippen molar-refractivity contribution < 1.29 is 4.74 Å². The van der Waals surface area contributed by atoms with Crippen LogP contribution in [0.15, 0.2) is 24.3 Å². The van der Waals surface area contributed by atoms with Gasteiger partial charge in [-0.1, -0.05) is 29.8 Å². The molecule has 0 spiro atoms. The number of likely N-dealkylation sites (N-methyl/N-ethyl adjacent to an activating group) is 1. The highest BCUT2D eigenvalue weighted by atomic mass is 16.5. The summed E-state index contributed by atoms with van der Waals surface area (Å²) in [6, 6.07) is 8.80. The predicted octanol–water partition coefficient (Wildman–Crippen LogP) is 2.35. The molecule has 1 aromatic rings. The molecule has 0 fully saturated rings. The van der Waals surface area contributed by atoms with Crippen LogP contribution in [0.5, 0.6) is 0 Å².